The molecule has 1 aliphatic rings. The molecule has 154 valence electrons. The molecule has 1 heterocycles. The van der Waals surface area contributed by atoms with E-state index in [1.807, 2.05) is 30.3 Å². The summed E-state index contributed by atoms with van der Waals surface area (Å²) in [5, 5.41) is 0. The van der Waals surface area contributed by atoms with E-state index in [9.17, 15) is 17.6 Å². The highest BCUT2D eigenvalue weighted by atomic mass is 32.2. The number of ether oxygens (including phenoxy) is 1. The highest BCUT2D eigenvalue weighted by Gasteiger charge is 2.27. The average molecular weight is 418 g/mol. The van der Waals surface area contributed by atoms with Crippen LogP contribution in [-0.2, 0) is 14.8 Å². The Morgan fingerprint density at radius 1 is 1.10 bits per heavy atom. The van der Waals surface area contributed by atoms with Gasteiger partial charge in [0.1, 0.15) is 5.75 Å². The number of anilines is 1. The number of benzene rings is 2. The Kier molecular flexibility index (Phi) is 6.66. The zero-order chi connectivity index (χ0) is 20.9. The number of sulfonamides is 1. The van der Waals surface area contributed by atoms with Crippen molar-refractivity contribution in [2.45, 2.75) is 17.7 Å². The summed E-state index contributed by atoms with van der Waals surface area (Å²) in [5.41, 5.74) is 1.73. The summed E-state index contributed by atoms with van der Waals surface area (Å²) in [5.74, 6) is 0.141. The molecule has 1 aliphatic heterocycles. The summed E-state index contributed by atoms with van der Waals surface area (Å²) >= 11 is 0. The van der Waals surface area contributed by atoms with Gasteiger partial charge in [0.05, 0.1) is 4.90 Å². The van der Waals surface area contributed by atoms with Gasteiger partial charge in [-0.25, -0.2) is 12.8 Å². The number of hydrogen-bond donors (Lipinski definition) is 0. The van der Waals surface area contributed by atoms with Crippen LogP contribution in [-0.4, -0.2) is 45.6 Å². The van der Waals surface area contributed by atoms with Gasteiger partial charge in [-0.15, -0.1) is 0 Å². The van der Waals surface area contributed by atoms with E-state index in [1.165, 1.54) is 28.6 Å². The molecule has 0 radical (unpaired) electrons. The lowest BCUT2D eigenvalue weighted by molar-refractivity contribution is -0.114. The van der Waals surface area contributed by atoms with E-state index in [4.69, 9.17) is 4.74 Å². The molecule has 3 rings (SSSR count). The first-order chi connectivity index (χ1) is 13.9. The SMILES string of the molecule is CN(C(=O)C=C1CCN(S(=O)(=O)c2ccc(OCF)cc2)CC1)c1ccccc1. The summed E-state index contributed by atoms with van der Waals surface area (Å²) in [4.78, 5) is 14.2. The number of carbonyl (C=O) groups is 1. The van der Waals surface area contributed by atoms with Crippen molar-refractivity contribution in [1.29, 1.82) is 0 Å². The number of carbonyl (C=O) groups excluding carboxylic acids is 1. The Bertz CT molecular complexity index is 966. The number of halogens is 1. The summed E-state index contributed by atoms with van der Waals surface area (Å²) in [6, 6.07) is 15.0. The Morgan fingerprint density at radius 2 is 1.72 bits per heavy atom. The fourth-order valence-electron chi connectivity index (χ4n) is 3.13. The summed E-state index contributed by atoms with van der Waals surface area (Å²) < 4.78 is 43.9. The van der Waals surface area contributed by atoms with Crippen molar-refractivity contribution in [2.75, 3.05) is 31.9 Å². The second-order valence-corrected chi connectivity index (χ2v) is 8.60. The minimum absolute atomic E-state index is 0.133. The van der Waals surface area contributed by atoms with Crippen LogP contribution >= 0.6 is 0 Å². The number of hydrogen-bond acceptors (Lipinski definition) is 4. The summed E-state index contributed by atoms with van der Waals surface area (Å²) in [7, 11) is -1.93. The second kappa shape index (κ2) is 9.19. The van der Waals surface area contributed by atoms with Crippen LogP contribution in [0.2, 0.25) is 0 Å². The monoisotopic (exact) mass is 418 g/mol. The maximum atomic E-state index is 12.8. The van der Waals surface area contributed by atoms with E-state index < -0.39 is 16.9 Å². The molecule has 8 heteroatoms. The van der Waals surface area contributed by atoms with Gasteiger partial charge >= 0.3 is 0 Å². The van der Waals surface area contributed by atoms with Crippen molar-refractivity contribution in [1.82, 2.24) is 4.31 Å². The number of para-hydroxylation sites is 1. The molecular formula is C21H23FN2O4S. The molecule has 1 saturated heterocycles. The summed E-state index contributed by atoms with van der Waals surface area (Å²) in [6.45, 7) is -0.357. The first-order valence-corrected chi connectivity index (χ1v) is 10.7. The van der Waals surface area contributed by atoms with E-state index in [0.717, 1.165) is 11.3 Å². The fraction of sp³-hybridized carbons (Fsp3) is 0.286. The standard InChI is InChI=1S/C21H23FN2O4S/c1-23(18-5-3-2-4-6-18)21(25)15-17-11-13-24(14-12-17)29(26,27)20-9-7-19(8-10-20)28-16-22/h2-10,15H,11-14,16H2,1H3. The molecule has 0 spiro atoms. The van der Waals surface area contributed by atoms with Gasteiger partial charge in [-0.1, -0.05) is 23.8 Å². The Labute approximate surface area is 170 Å². The van der Waals surface area contributed by atoms with Crippen molar-refractivity contribution < 1.29 is 22.3 Å². The summed E-state index contributed by atoms with van der Waals surface area (Å²) in [6.07, 6.45) is 2.59. The lowest BCUT2D eigenvalue weighted by Gasteiger charge is -2.28. The van der Waals surface area contributed by atoms with Crippen molar-refractivity contribution in [3.8, 4) is 5.75 Å². The first kappa shape index (κ1) is 21.0. The van der Waals surface area contributed by atoms with Crippen LogP contribution in [0.3, 0.4) is 0 Å². The topological polar surface area (TPSA) is 66.9 Å². The average Bonchev–Trinajstić information content (AvgIpc) is 2.75. The number of alkyl halides is 1. The highest BCUT2D eigenvalue weighted by molar-refractivity contribution is 7.89. The molecule has 29 heavy (non-hydrogen) atoms. The molecule has 2 aromatic carbocycles. The number of rotatable bonds is 6. The predicted octanol–water partition coefficient (Wildman–Crippen LogP) is 3.37. The van der Waals surface area contributed by atoms with Crippen LogP contribution in [0.1, 0.15) is 12.8 Å². The molecule has 0 aromatic heterocycles. The molecule has 6 nitrogen and oxygen atoms in total. The first-order valence-electron chi connectivity index (χ1n) is 9.23. The molecule has 0 atom stereocenters. The Balaban J connectivity index is 1.63. The highest BCUT2D eigenvalue weighted by Crippen LogP contribution is 2.25. The molecular weight excluding hydrogens is 395 g/mol. The van der Waals surface area contributed by atoms with E-state index in [-0.39, 0.29) is 16.6 Å². The number of piperidine rings is 1. The van der Waals surface area contributed by atoms with Gasteiger partial charge in [0.15, 0.2) is 0 Å². The van der Waals surface area contributed by atoms with Crippen LogP contribution in [0.4, 0.5) is 10.1 Å². The Hall–Kier alpha value is -2.71. The van der Waals surface area contributed by atoms with Gasteiger partial charge in [-0.2, -0.15) is 4.31 Å². The number of likely N-dealkylation sites (N-methyl/N-ethyl adjacent to an activating group) is 1. The van der Waals surface area contributed by atoms with Gasteiger partial charge in [-0.3, -0.25) is 4.79 Å². The zero-order valence-corrected chi connectivity index (χ0v) is 16.9. The van der Waals surface area contributed by atoms with Crippen LogP contribution < -0.4 is 9.64 Å². The molecule has 0 N–H and O–H groups in total. The van der Waals surface area contributed by atoms with Crippen molar-refractivity contribution in [3.05, 3.63) is 66.2 Å². The van der Waals surface area contributed by atoms with Gasteiger partial charge < -0.3 is 9.64 Å². The molecule has 1 amide bonds. The number of nitrogens with zero attached hydrogens (tertiary/aromatic N) is 2. The van der Waals surface area contributed by atoms with Crippen LogP contribution in [0.25, 0.3) is 0 Å². The lowest BCUT2D eigenvalue weighted by Crippen LogP contribution is -2.36. The third kappa shape index (κ3) is 5.02. The molecule has 0 aliphatic carbocycles. The maximum Gasteiger partial charge on any atom is 0.250 e. The minimum atomic E-state index is -3.64. The van der Waals surface area contributed by atoms with Crippen LogP contribution in [0.15, 0.2) is 71.1 Å². The smallest absolute Gasteiger partial charge is 0.250 e. The van der Waals surface area contributed by atoms with Crippen molar-refractivity contribution >= 4 is 21.6 Å². The van der Waals surface area contributed by atoms with Gasteiger partial charge in [0, 0.05) is 31.9 Å². The van der Waals surface area contributed by atoms with Crippen LogP contribution in [0.5, 0.6) is 5.75 Å². The van der Waals surface area contributed by atoms with E-state index in [2.05, 4.69) is 0 Å². The van der Waals surface area contributed by atoms with Crippen molar-refractivity contribution in [2.24, 2.45) is 0 Å². The molecule has 0 unspecified atom stereocenters. The third-order valence-corrected chi connectivity index (χ3v) is 6.76. The largest absolute Gasteiger partial charge is 0.463 e. The zero-order valence-electron chi connectivity index (χ0n) is 16.1. The van der Waals surface area contributed by atoms with E-state index in [1.54, 1.807) is 18.0 Å². The third-order valence-electron chi connectivity index (χ3n) is 4.85. The Morgan fingerprint density at radius 3 is 2.31 bits per heavy atom. The molecule has 2 aromatic rings. The van der Waals surface area contributed by atoms with Gasteiger partial charge in [0.2, 0.25) is 16.9 Å². The molecule has 0 saturated carbocycles. The predicted molar refractivity (Wildman–Crippen MR) is 109 cm³/mol. The quantitative estimate of drug-likeness (QED) is 0.675. The maximum absolute atomic E-state index is 12.8. The van der Waals surface area contributed by atoms with Gasteiger partial charge in [-0.05, 0) is 49.2 Å². The fourth-order valence-corrected chi connectivity index (χ4v) is 4.57. The molecule has 0 bridgehead atoms. The lowest BCUT2D eigenvalue weighted by atomic mass is 10.1. The van der Waals surface area contributed by atoms with Crippen molar-refractivity contribution in [3.63, 3.8) is 0 Å². The van der Waals surface area contributed by atoms with E-state index >= 15 is 0 Å². The minimum Gasteiger partial charge on any atom is -0.463 e. The van der Waals surface area contributed by atoms with Crippen LogP contribution in [0, 0.1) is 0 Å². The number of amides is 1. The normalized spacial score (nSPS) is 15.0. The van der Waals surface area contributed by atoms with E-state index in [0.29, 0.717) is 25.9 Å². The van der Waals surface area contributed by atoms with Gasteiger partial charge in [0.25, 0.3) is 5.91 Å². The second-order valence-electron chi connectivity index (χ2n) is 6.66. The molecule has 1 fully saturated rings.